The van der Waals surface area contributed by atoms with Crippen molar-refractivity contribution in [3.63, 3.8) is 0 Å². The van der Waals surface area contributed by atoms with Crippen LogP contribution in [-0.4, -0.2) is 55.1 Å². The van der Waals surface area contributed by atoms with Crippen LogP contribution in [0.15, 0.2) is 24.3 Å². The Morgan fingerprint density at radius 1 is 1.10 bits per heavy atom. The first kappa shape index (κ1) is 16.5. The highest BCUT2D eigenvalue weighted by molar-refractivity contribution is 5.87. The molecule has 0 aliphatic heterocycles. The van der Waals surface area contributed by atoms with Gasteiger partial charge in [0.15, 0.2) is 0 Å². The van der Waals surface area contributed by atoms with Crippen molar-refractivity contribution in [2.45, 2.75) is 6.42 Å². The lowest BCUT2D eigenvalue weighted by Crippen LogP contribution is -2.42. The average molecular weight is 293 g/mol. The van der Waals surface area contributed by atoms with Gasteiger partial charge < -0.3 is 20.6 Å². The maximum absolute atomic E-state index is 11.4. The lowest BCUT2D eigenvalue weighted by Gasteiger charge is -2.11. The number of nitrogens with zero attached hydrogens (tertiary/aromatic N) is 1. The molecule has 0 spiro atoms. The first-order chi connectivity index (χ1) is 9.90. The molecule has 3 amide bonds. The zero-order valence-electron chi connectivity index (χ0n) is 12.0. The molecule has 0 atom stereocenters. The highest BCUT2D eigenvalue weighted by atomic mass is 16.4. The Balaban J connectivity index is 2.28. The van der Waals surface area contributed by atoms with Crippen LogP contribution in [0.3, 0.4) is 0 Å². The topological polar surface area (TPSA) is 98.7 Å². The molecule has 0 aromatic heterocycles. The predicted octanol–water partition coefficient (Wildman–Crippen LogP) is 0.315. The third-order valence-corrected chi connectivity index (χ3v) is 2.80. The smallest absolute Gasteiger partial charge is 0.335 e. The summed E-state index contributed by atoms with van der Waals surface area (Å²) in [4.78, 5) is 34.8. The van der Waals surface area contributed by atoms with Crippen LogP contribution in [0.1, 0.15) is 15.9 Å². The molecule has 0 aliphatic rings. The number of carbonyl (C=O) groups is 3. The van der Waals surface area contributed by atoms with E-state index < -0.39 is 12.0 Å². The van der Waals surface area contributed by atoms with Gasteiger partial charge in [-0.1, -0.05) is 12.1 Å². The predicted molar refractivity (Wildman–Crippen MR) is 77.2 cm³/mol. The number of amides is 3. The summed E-state index contributed by atoms with van der Waals surface area (Å²) >= 11 is 0. The normalized spacial score (nSPS) is 9.81. The van der Waals surface area contributed by atoms with E-state index in [1.165, 1.54) is 17.0 Å². The summed E-state index contributed by atoms with van der Waals surface area (Å²) in [5, 5.41) is 13.9. The maximum Gasteiger partial charge on any atom is 0.335 e. The molecule has 0 fully saturated rings. The van der Waals surface area contributed by atoms with Gasteiger partial charge in [-0.3, -0.25) is 4.79 Å². The Bertz CT molecular complexity index is 511. The maximum atomic E-state index is 11.4. The van der Waals surface area contributed by atoms with E-state index in [0.717, 1.165) is 5.56 Å². The second-order valence-corrected chi connectivity index (χ2v) is 4.65. The van der Waals surface area contributed by atoms with Crippen molar-refractivity contribution in [1.82, 2.24) is 15.5 Å². The fraction of sp³-hybridized carbons (Fsp3) is 0.357. The number of hydrogen-bond acceptors (Lipinski definition) is 3. The van der Waals surface area contributed by atoms with Crippen LogP contribution in [-0.2, 0) is 11.2 Å². The van der Waals surface area contributed by atoms with Gasteiger partial charge >= 0.3 is 12.0 Å². The van der Waals surface area contributed by atoms with Gasteiger partial charge in [0.2, 0.25) is 5.91 Å². The van der Waals surface area contributed by atoms with Gasteiger partial charge in [0, 0.05) is 20.6 Å². The van der Waals surface area contributed by atoms with Crippen molar-refractivity contribution in [3.8, 4) is 0 Å². The van der Waals surface area contributed by atoms with Crippen molar-refractivity contribution >= 4 is 17.9 Å². The summed E-state index contributed by atoms with van der Waals surface area (Å²) in [6.45, 7) is 0.348. The Labute approximate surface area is 122 Å². The van der Waals surface area contributed by atoms with E-state index in [1.807, 2.05) is 0 Å². The van der Waals surface area contributed by atoms with E-state index in [1.54, 1.807) is 26.2 Å². The summed E-state index contributed by atoms with van der Waals surface area (Å²) < 4.78 is 0. The fourth-order valence-electron chi connectivity index (χ4n) is 1.51. The van der Waals surface area contributed by atoms with E-state index >= 15 is 0 Å². The molecule has 21 heavy (non-hydrogen) atoms. The molecule has 0 saturated heterocycles. The van der Waals surface area contributed by atoms with Gasteiger partial charge in [0.25, 0.3) is 0 Å². The van der Waals surface area contributed by atoms with Crippen LogP contribution in [0.25, 0.3) is 0 Å². The van der Waals surface area contributed by atoms with E-state index in [0.29, 0.717) is 13.0 Å². The minimum absolute atomic E-state index is 0.0495. The monoisotopic (exact) mass is 293 g/mol. The van der Waals surface area contributed by atoms with Crippen molar-refractivity contribution in [2.75, 3.05) is 27.2 Å². The standard InChI is InChI=1S/C14H19N3O4/c1-17(2)12(18)9-16-14(21)15-8-7-10-3-5-11(6-4-10)13(19)20/h3-6H,7-9H2,1-2H3,(H,19,20)(H2,15,16,21). The minimum atomic E-state index is -0.968. The molecule has 1 aromatic carbocycles. The highest BCUT2D eigenvalue weighted by Gasteiger charge is 2.06. The molecule has 0 saturated carbocycles. The van der Waals surface area contributed by atoms with Crippen LogP contribution in [0, 0.1) is 0 Å². The molecule has 3 N–H and O–H groups in total. The number of hydrogen-bond donors (Lipinski definition) is 3. The zero-order valence-corrected chi connectivity index (χ0v) is 12.0. The average Bonchev–Trinajstić information content (AvgIpc) is 2.45. The van der Waals surface area contributed by atoms with Crippen molar-refractivity contribution in [2.24, 2.45) is 0 Å². The van der Waals surface area contributed by atoms with Gasteiger partial charge in [0.05, 0.1) is 12.1 Å². The molecule has 0 unspecified atom stereocenters. The lowest BCUT2D eigenvalue weighted by molar-refractivity contribution is -0.127. The SMILES string of the molecule is CN(C)C(=O)CNC(=O)NCCc1ccc(C(=O)O)cc1. The molecule has 7 nitrogen and oxygen atoms in total. The third kappa shape index (κ3) is 5.94. The molecule has 114 valence electrons. The van der Waals surface area contributed by atoms with E-state index in [4.69, 9.17) is 5.11 Å². The summed E-state index contributed by atoms with van der Waals surface area (Å²) in [7, 11) is 3.23. The summed E-state index contributed by atoms with van der Waals surface area (Å²) in [6, 6.07) is 6.05. The molecule has 1 aromatic rings. The van der Waals surface area contributed by atoms with Crippen molar-refractivity contribution in [1.29, 1.82) is 0 Å². The third-order valence-electron chi connectivity index (χ3n) is 2.80. The number of benzene rings is 1. The van der Waals surface area contributed by atoms with Crippen molar-refractivity contribution < 1.29 is 19.5 Å². The van der Waals surface area contributed by atoms with Gasteiger partial charge in [-0.15, -0.1) is 0 Å². The molecule has 0 aliphatic carbocycles. The largest absolute Gasteiger partial charge is 0.478 e. The van der Waals surface area contributed by atoms with E-state index in [-0.39, 0.29) is 18.0 Å². The Morgan fingerprint density at radius 2 is 1.71 bits per heavy atom. The quantitative estimate of drug-likeness (QED) is 0.703. The van der Waals surface area contributed by atoms with E-state index in [9.17, 15) is 14.4 Å². The number of rotatable bonds is 6. The van der Waals surface area contributed by atoms with E-state index in [2.05, 4.69) is 10.6 Å². The second-order valence-electron chi connectivity index (χ2n) is 4.65. The second kappa shape index (κ2) is 7.88. The van der Waals surface area contributed by atoms with Crippen molar-refractivity contribution in [3.05, 3.63) is 35.4 Å². The number of likely N-dealkylation sites (N-methyl/N-ethyl adjacent to an activating group) is 1. The van der Waals surface area contributed by atoms with Crippen LogP contribution in [0.2, 0.25) is 0 Å². The number of urea groups is 1. The highest BCUT2D eigenvalue weighted by Crippen LogP contribution is 2.04. The Hall–Kier alpha value is -2.57. The first-order valence-corrected chi connectivity index (χ1v) is 6.44. The Morgan fingerprint density at radius 3 is 2.24 bits per heavy atom. The van der Waals surface area contributed by atoms with Gasteiger partial charge in [0.1, 0.15) is 0 Å². The minimum Gasteiger partial charge on any atom is -0.478 e. The van der Waals surface area contributed by atoms with Gasteiger partial charge in [-0.05, 0) is 24.1 Å². The van der Waals surface area contributed by atoms with Gasteiger partial charge in [-0.2, -0.15) is 0 Å². The van der Waals surface area contributed by atoms with Crippen LogP contribution < -0.4 is 10.6 Å². The molecular weight excluding hydrogens is 274 g/mol. The van der Waals surface area contributed by atoms with Crippen LogP contribution in [0.4, 0.5) is 4.79 Å². The summed E-state index contributed by atoms with van der Waals surface area (Å²) in [5.74, 6) is -1.15. The molecule has 1 rings (SSSR count). The zero-order chi connectivity index (χ0) is 15.8. The summed E-state index contributed by atoms with van der Waals surface area (Å²) in [5.41, 5.74) is 1.15. The molecular formula is C14H19N3O4. The number of nitrogens with one attached hydrogen (secondary N) is 2. The lowest BCUT2D eigenvalue weighted by atomic mass is 10.1. The number of carbonyl (C=O) groups excluding carboxylic acids is 2. The van der Waals surface area contributed by atoms with Crippen LogP contribution in [0.5, 0.6) is 0 Å². The summed E-state index contributed by atoms with van der Waals surface area (Å²) in [6.07, 6.45) is 0.578. The van der Waals surface area contributed by atoms with Gasteiger partial charge in [-0.25, -0.2) is 9.59 Å². The fourth-order valence-corrected chi connectivity index (χ4v) is 1.51. The first-order valence-electron chi connectivity index (χ1n) is 6.44. The Kier molecular flexibility index (Phi) is 6.19. The van der Waals surface area contributed by atoms with Crippen LogP contribution >= 0.6 is 0 Å². The molecule has 0 radical (unpaired) electrons. The molecule has 7 heteroatoms. The number of aromatic carboxylic acids is 1. The number of carboxylic acids is 1. The molecule has 0 heterocycles. The number of carboxylic acid groups (broad SMARTS) is 1. The molecule has 0 bridgehead atoms.